The van der Waals surface area contributed by atoms with Crippen LogP contribution >= 0.6 is 11.8 Å². The summed E-state index contributed by atoms with van der Waals surface area (Å²) in [4.78, 5) is 12.6. The van der Waals surface area contributed by atoms with Crippen LogP contribution in [0.1, 0.15) is 25.0 Å². The fourth-order valence-electron chi connectivity index (χ4n) is 9.99. The van der Waals surface area contributed by atoms with Crippen LogP contribution < -0.4 is 20.7 Å². The molecule has 0 atom stereocenters. The van der Waals surface area contributed by atoms with Crippen LogP contribution in [-0.4, -0.2) is 27.0 Å². The van der Waals surface area contributed by atoms with E-state index in [0.717, 1.165) is 49.0 Å². The number of para-hydroxylation sites is 1. The van der Waals surface area contributed by atoms with Gasteiger partial charge in [0.2, 0.25) is 0 Å². The zero-order valence-electron chi connectivity index (χ0n) is 32.8. The van der Waals surface area contributed by atoms with E-state index < -0.39 is 8.07 Å². The van der Waals surface area contributed by atoms with Crippen molar-refractivity contribution < 1.29 is 21.1 Å². The van der Waals surface area contributed by atoms with Gasteiger partial charge in [-0.1, -0.05) is 140 Å². The summed E-state index contributed by atoms with van der Waals surface area (Å²) in [5.74, 6) is 0. The Labute approximate surface area is 367 Å². The molecule has 0 radical (unpaired) electrons. The van der Waals surface area contributed by atoms with Crippen molar-refractivity contribution in [3.8, 4) is 5.69 Å². The third kappa shape index (κ3) is 5.21. The van der Waals surface area contributed by atoms with E-state index in [0.29, 0.717) is 0 Å². The summed E-state index contributed by atoms with van der Waals surface area (Å²) in [5.41, 5.74) is 7.55. The van der Waals surface area contributed by atoms with Crippen LogP contribution in [0.4, 0.5) is 0 Å². The van der Waals surface area contributed by atoms with E-state index in [-0.39, 0.29) is 26.5 Å². The van der Waals surface area contributed by atoms with E-state index in [9.17, 15) is 0 Å². The zero-order chi connectivity index (χ0) is 39.3. The van der Waals surface area contributed by atoms with Crippen molar-refractivity contribution >= 4 is 89.8 Å². The van der Waals surface area contributed by atoms with E-state index >= 15 is 0 Å². The van der Waals surface area contributed by atoms with Crippen LogP contribution in [0.3, 0.4) is 0 Å². The van der Waals surface area contributed by atoms with Crippen LogP contribution in [0.2, 0.25) is 0 Å². The molecule has 7 aromatic carbocycles. The van der Waals surface area contributed by atoms with Crippen LogP contribution in [0.15, 0.2) is 192 Å². The first kappa shape index (κ1) is 37.0. The van der Waals surface area contributed by atoms with E-state index in [2.05, 4.69) is 205 Å². The van der Waals surface area contributed by atoms with Gasteiger partial charge in [-0.25, -0.2) is 4.98 Å². The molecule has 0 aliphatic carbocycles. The van der Waals surface area contributed by atoms with E-state index in [1.807, 2.05) is 24.2 Å². The van der Waals surface area contributed by atoms with Gasteiger partial charge in [-0.15, -0.1) is 34.8 Å². The Kier molecular flexibility index (Phi) is 8.65. The second-order valence-corrected chi connectivity index (χ2v) is 20.8. The second kappa shape index (κ2) is 14.0. The molecule has 0 bridgehead atoms. The van der Waals surface area contributed by atoms with Gasteiger partial charge in [-0.2, -0.15) is 23.4 Å². The molecule has 7 heteroatoms. The summed E-state index contributed by atoms with van der Waals surface area (Å²) in [6.45, 7) is 4.75. The number of benzene rings is 7. The third-order valence-corrected chi connectivity index (χ3v) is 18.3. The maximum Gasteiger partial charge on any atom is 2.00 e. The summed E-state index contributed by atoms with van der Waals surface area (Å²) >= 11 is 1.87. The molecule has 1 aliphatic rings. The molecule has 0 fully saturated rings. The van der Waals surface area contributed by atoms with E-state index in [1.165, 1.54) is 47.6 Å². The Morgan fingerprint density at radius 3 is 2.05 bits per heavy atom. The molecule has 4 aromatic heterocycles. The molecule has 12 rings (SSSR count). The Morgan fingerprint density at radius 2 is 1.23 bits per heavy atom. The van der Waals surface area contributed by atoms with Crippen molar-refractivity contribution in [1.82, 2.24) is 18.9 Å². The van der Waals surface area contributed by atoms with Gasteiger partial charge in [0.25, 0.3) is 0 Å². The molecule has 0 saturated heterocycles. The predicted octanol–water partition coefficient (Wildman–Crippen LogP) is 9.90. The van der Waals surface area contributed by atoms with Crippen molar-refractivity contribution in [2.45, 2.75) is 29.1 Å². The molecule has 0 saturated carbocycles. The van der Waals surface area contributed by atoms with Gasteiger partial charge in [0.05, 0.1) is 11.2 Å². The first-order valence-electron chi connectivity index (χ1n) is 20.1. The quantitative estimate of drug-likeness (QED) is 0.0747. The summed E-state index contributed by atoms with van der Waals surface area (Å²) in [6, 6.07) is 68.1. The average Bonchev–Trinajstić information content (AvgIpc) is 3.92. The van der Waals surface area contributed by atoms with Crippen molar-refractivity contribution in [3.63, 3.8) is 0 Å². The van der Waals surface area contributed by atoms with Crippen molar-refractivity contribution in [2.75, 3.05) is 0 Å². The number of hydrogen-bond donors (Lipinski definition) is 0. The molecule has 0 spiro atoms. The summed E-state index contributed by atoms with van der Waals surface area (Å²) in [6.07, 6.45) is 5.88. The first-order chi connectivity index (χ1) is 29.0. The van der Waals surface area contributed by atoms with Gasteiger partial charge < -0.3 is 8.97 Å². The SMILES string of the molecule is CC1(C)c2ccccc2Sc2ccc3c4cccnc4n(-c4[c-]c([Si](c5[c-]c6c(cc5)c5ccccc5n5ccnc65)(c5ccccc5)c5ccccc5)ccc4)c3c21.[Pt+2]. The molecule has 0 amide bonds. The van der Waals surface area contributed by atoms with E-state index in [1.54, 1.807) is 0 Å². The Hall–Kier alpha value is -6.04. The summed E-state index contributed by atoms with van der Waals surface area (Å²) in [7, 11) is -3.12. The first-order valence-corrected chi connectivity index (χ1v) is 22.9. The van der Waals surface area contributed by atoms with Crippen molar-refractivity contribution in [1.29, 1.82) is 0 Å². The number of rotatable bonds is 5. The van der Waals surface area contributed by atoms with Crippen LogP contribution in [-0.2, 0) is 26.5 Å². The Morgan fingerprint density at radius 1 is 0.550 bits per heavy atom. The predicted molar refractivity (Wildman–Crippen MR) is 246 cm³/mol. The normalized spacial score (nSPS) is 13.4. The van der Waals surface area contributed by atoms with Gasteiger partial charge in [0, 0.05) is 55.6 Å². The molecule has 11 aromatic rings. The maximum atomic E-state index is 5.12. The topological polar surface area (TPSA) is 35.1 Å². The number of imidazole rings is 1. The van der Waals surface area contributed by atoms with Gasteiger partial charge in [0.15, 0.2) is 0 Å². The monoisotopic (exact) mass is 983 g/mol. The van der Waals surface area contributed by atoms with Crippen molar-refractivity contribution in [2.24, 2.45) is 0 Å². The smallest absolute Gasteiger partial charge is 0.340 e. The molecule has 60 heavy (non-hydrogen) atoms. The third-order valence-electron chi connectivity index (χ3n) is 12.6. The zero-order valence-corrected chi connectivity index (χ0v) is 36.9. The van der Waals surface area contributed by atoms with E-state index in [4.69, 9.17) is 9.97 Å². The molecule has 5 heterocycles. The number of pyridine rings is 2. The van der Waals surface area contributed by atoms with Gasteiger partial charge in [-0.05, 0) is 51.7 Å². The largest absolute Gasteiger partial charge is 2.00 e. The minimum atomic E-state index is -3.12. The second-order valence-electron chi connectivity index (χ2n) is 16.0. The van der Waals surface area contributed by atoms with Gasteiger partial charge in [0.1, 0.15) is 13.7 Å². The standard InChI is InChI=1S/C53H36N4SSi.Pt/c1-53(2)45-23-10-12-25-47(45)58-48-29-28-42-43-22-14-30-54-52(43)57(50(42)49(48)53)35-15-13-20-38(33-35)59(36-16-5-3-6-17-36,37-18-7-4-8-19-37)39-26-27-40-41-21-9-11-24-46(41)56-32-31-55-51(56)44(40)34-39;/h3-32H,1-2H3;/q-2;+2. The number of hydrogen-bond acceptors (Lipinski definition) is 3. The maximum absolute atomic E-state index is 5.12. The molecule has 1 aliphatic heterocycles. The number of nitrogens with zero attached hydrogens (tertiary/aromatic N) is 4. The van der Waals surface area contributed by atoms with Gasteiger partial charge >= 0.3 is 21.1 Å². The molecule has 0 N–H and O–H groups in total. The summed E-state index contributed by atoms with van der Waals surface area (Å²) in [5, 5.41) is 10.5. The Balaban J connectivity index is 0.00000408. The average molecular weight is 984 g/mol. The van der Waals surface area contributed by atoms with Crippen LogP contribution in [0, 0.1) is 12.1 Å². The fourth-order valence-corrected chi connectivity index (χ4v) is 16.0. The molecular weight excluding hydrogens is 948 g/mol. The number of fused-ring (bicyclic) bond motifs is 12. The molecule has 0 unspecified atom stereocenters. The Bertz CT molecular complexity index is 3430. The summed E-state index contributed by atoms with van der Waals surface area (Å²) < 4.78 is 4.59. The molecule has 4 nitrogen and oxygen atoms in total. The fraction of sp³-hybridized carbons (Fsp3) is 0.0566. The molecule has 288 valence electrons. The van der Waals surface area contributed by atoms with Crippen molar-refractivity contribution in [3.05, 3.63) is 206 Å². The minimum absolute atomic E-state index is 0. The number of aromatic nitrogens is 4. The minimum Gasteiger partial charge on any atom is -0.340 e. The van der Waals surface area contributed by atoms with Crippen LogP contribution in [0.5, 0.6) is 0 Å². The van der Waals surface area contributed by atoms with Gasteiger partial charge in [-0.3, -0.25) is 4.98 Å². The molecular formula is C53H36N4PtSSi. The van der Waals surface area contributed by atoms with Crippen LogP contribution in [0.25, 0.3) is 54.9 Å².